The van der Waals surface area contributed by atoms with E-state index in [4.69, 9.17) is 0 Å². The zero-order valence-corrected chi connectivity index (χ0v) is 12.7. The first-order chi connectivity index (χ1) is 11.2. The van der Waals surface area contributed by atoms with Crippen molar-refractivity contribution in [3.05, 3.63) is 54.1 Å². The van der Waals surface area contributed by atoms with E-state index in [-0.39, 0.29) is 24.4 Å². The zero-order valence-electron chi connectivity index (χ0n) is 12.7. The molecule has 3 rings (SSSR count). The Morgan fingerprint density at radius 2 is 1.44 bits per heavy atom. The van der Waals surface area contributed by atoms with Crippen LogP contribution >= 0.6 is 0 Å². The molecule has 1 aromatic carbocycles. The molecule has 0 atom stereocenters. The van der Waals surface area contributed by atoms with E-state index in [0.717, 1.165) is 4.90 Å². The largest absolute Gasteiger partial charge is 0.331 e. The molecule has 8 nitrogen and oxygen atoms in total. The van der Waals surface area contributed by atoms with E-state index in [1.165, 1.54) is 7.05 Å². The third-order valence-corrected chi connectivity index (χ3v) is 3.33. The van der Waals surface area contributed by atoms with Crippen LogP contribution in [0.4, 0.5) is 10.5 Å². The van der Waals surface area contributed by atoms with Gasteiger partial charge in [0.05, 0.1) is 16.8 Å². The fourth-order valence-electron chi connectivity index (χ4n) is 1.90. The number of anilines is 1. The summed E-state index contributed by atoms with van der Waals surface area (Å²) in [4.78, 5) is 55.7. The molecule has 0 unspecified atom stereocenters. The quantitative estimate of drug-likeness (QED) is 0.544. The topological polar surface area (TPSA) is 113 Å². The van der Waals surface area contributed by atoms with Crippen molar-refractivity contribution in [2.75, 3.05) is 12.4 Å². The van der Waals surface area contributed by atoms with Gasteiger partial charge in [0.1, 0.15) is 0 Å². The number of hydrogen-bond donors (Lipinski definition) is 2. The van der Waals surface area contributed by atoms with Gasteiger partial charge in [0.2, 0.25) is 0 Å². The molecule has 0 spiro atoms. The number of fused-ring (bicyclic) bond motifs is 1. The van der Waals surface area contributed by atoms with Gasteiger partial charge in [-0.15, -0.1) is 0 Å². The predicted molar refractivity (Wildman–Crippen MR) is 90.7 cm³/mol. The molecule has 2 aliphatic heterocycles. The van der Waals surface area contributed by atoms with E-state index in [9.17, 15) is 24.0 Å². The number of barbiturate groups is 1. The van der Waals surface area contributed by atoms with Crippen molar-refractivity contribution in [1.29, 1.82) is 0 Å². The number of likely N-dealkylation sites (N-methyl/N-ethyl adjacent to an activating group) is 1. The lowest BCUT2D eigenvalue weighted by Crippen LogP contribution is -2.51. The summed E-state index contributed by atoms with van der Waals surface area (Å²) in [6.45, 7) is 6.62. The summed E-state index contributed by atoms with van der Waals surface area (Å²) in [6.07, 6.45) is 0. The molecule has 0 aliphatic carbocycles. The average Bonchev–Trinajstić information content (AvgIpc) is 2.57. The molecule has 130 valence electrons. The van der Waals surface area contributed by atoms with Crippen LogP contribution in [0.3, 0.4) is 0 Å². The molecule has 0 radical (unpaired) electrons. The molecule has 8 heteroatoms. The van der Waals surface area contributed by atoms with Crippen molar-refractivity contribution >= 4 is 35.2 Å². The van der Waals surface area contributed by atoms with Crippen molar-refractivity contribution in [3.63, 3.8) is 0 Å². The number of para-hydroxylation sites is 1. The van der Waals surface area contributed by atoms with E-state index >= 15 is 0 Å². The maximum atomic E-state index is 11.5. The number of urea groups is 1. The maximum absolute atomic E-state index is 11.5. The second-order valence-corrected chi connectivity index (χ2v) is 4.91. The number of carbonyl (C=O) groups excluding carboxylic acids is 5. The number of ketones is 1. The zero-order chi connectivity index (χ0) is 18.0. The van der Waals surface area contributed by atoms with E-state index in [1.807, 2.05) is 5.32 Å². The number of benzene rings is 1. The Morgan fingerprint density at radius 3 is 2.08 bits per heavy atom. The Balaban J connectivity index is 0.000000244. The fraction of sp³-hybridized carbons (Fsp3) is 0.118. The molecule has 0 saturated carbocycles. The predicted octanol–water partition coefficient (Wildman–Crippen LogP) is 1.26. The molecule has 0 aromatic heterocycles. The summed E-state index contributed by atoms with van der Waals surface area (Å²) in [5, 5.41) is 4.52. The highest BCUT2D eigenvalue weighted by Crippen LogP contribution is 2.23. The van der Waals surface area contributed by atoms with Gasteiger partial charge in [0.15, 0.2) is 5.78 Å². The monoisotopic (exact) mass is 343 g/mol. The van der Waals surface area contributed by atoms with Crippen molar-refractivity contribution in [2.24, 2.45) is 0 Å². The minimum atomic E-state index is -0.724. The highest BCUT2D eigenvalue weighted by Gasteiger charge is 2.31. The smallest absolute Gasteiger partial charge is 0.321 e. The van der Waals surface area contributed by atoms with Crippen molar-refractivity contribution in [1.82, 2.24) is 10.2 Å². The summed E-state index contributed by atoms with van der Waals surface area (Å²) < 4.78 is 0. The van der Waals surface area contributed by atoms with Crippen LogP contribution in [-0.4, -0.2) is 41.5 Å². The minimum absolute atomic E-state index is 0. The van der Waals surface area contributed by atoms with Gasteiger partial charge in [0.25, 0.3) is 17.7 Å². The molecule has 1 saturated heterocycles. The molecule has 5 amide bonds. The number of nitrogens with one attached hydrogen (secondary N) is 2. The number of amides is 5. The van der Waals surface area contributed by atoms with Crippen LogP contribution in [0.15, 0.2) is 48.6 Å². The molecule has 2 aliphatic rings. The Kier molecular flexibility index (Phi) is 5.73. The Bertz CT molecular complexity index is 825. The van der Waals surface area contributed by atoms with Crippen molar-refractivity contribution < 1.29 is 24.0 Å². The molecule has 2 heterocycles. The van der Waals surface area contributed by atoms with E-state index < -0.39 is 23.8 Å². The number of Topliss-reactive ketones (excluding diaryl/α,β-unsaturated/α-hetero) is 1. The lowest BCUT2D eigenvalue weighted by molar-refractivity contribution is -0.129. The van der Waals surface area contributed by atoms with Crippen LogP contribution in [-0.2, 0) is 14.4 Å². The van der Waals surface area contributed by atoms with E-state index in [1.54, 1.807) is 24.3 Å². The van der Waals surface area contributed by atoms with Gasteiger partial charge >= 0.3 is 6.03 Å². The lowest BCUT2D eigenvalue weighted by atomic mass is 9.98. The SMILES string of the molecule is C.C=C1C(=O)NC(=O)N(C)C1=O.C=C1C(=O)Nc2ccccc2C1=O. The first-order valence-electron chi connectivity index (χ1n) is 6.70. The summed E-state index contributed by atoms with van der Waals surface area (Å²) >= 11 is 0. The number of hydrogen-bond acceptors (Lipinski definition) is 5. The molecule has 1 fully saturated rings. The van der Waals surface area contributed by atoms with Crippen molar-refractivity contribution in [3.8, 4) is 0 Å². The summed E-state index contributed by atoms with van der Waals surface area (Å²) in [7, 11) is 1.27. The van der Waals surface area contributed by atoms with Crippen LogP contribution in [0, 0.1) is 0 Å². The van der Waals surface area contributed by atoms with Gasteiger partial charge in [-0.2, -0.15) is 0 Å². The van der Waals surface area contributed by atoms with Gasteiger partial charge < -0.3 is 5.32 Å². The van der Waals surface area contributed by atoms with Gasteiger partial charge in [-0.1, -0.05) is 32.7 Å². The number of carbonyl (C=O) groups is 5. The second kappa shape index (κ2) is 7.35. The van der Waals surface area contributed by atoms with Gasteiger partial charge in [0, 0.05) is 12.6 Å². The molecule has 1 aromatic rings. The van der Waals surface area contributed by atoms with Crippen LogP contribution in [0.2, 0.25) is 0 Å². The molecule has 2 N–H and O–H groups in total. The maximum Gasteiger partial charge on any atom is 0.331 e. The highest BCUT2D eigenvalue weighted by atomic mass is 16.2. The van der Waals surface area contributed by atoms with E-state index in [2.05, 4.69) is 18.5 Å². The summed E-state index contributed by atoms with van der Waals surface area (Å²) in [5.41, 5.74) is 0.850. The summed E-state index contributed by atoms with van der Waals surface area (Å²) in [6, 6.07) is 6.16. The molecular weight excluding hydrogens is 326 g/mol. The van der Waals surface area contributed by atoms with Crippen LogP contribution in [0.5, 0.6) is 0 Å². The van der Waals surface area contributed by atoms with Crippen LogP contribution in [0.1, 0.15) is 17.8 Å². The van der Waals surface area contributed by atoms with Gasteiger partial charge in [-0.3, -0.25) is 29.4 Å². The average molecular weight is 343 g/mol. The van der Waals surface area contributed by atoms with E-state index in [0.29, 0.717) is 11.3 Å². The molecule has 25 heavy (non-hydrogen) atoms. The third kappa shape index (κ3) is 3.69. The van der Waals surface area contributed by atoms with Crippen molar-refractivity contribution in [2.45, 2.75) is 7.43 Å². The first-order valence-corrected chi connectivity index (χ1v) is 6.70. The van der Waals surface area contributed by atoms with Crippen LogP contribution < -0.4 is 10.6 Å². The lowest BCUT2D eigenvalue weighted by Gasteiger charge is -2.21. The fourth-order valence-corrected chi connectivity index (χ4v) is 1.90. The Labute approximate surface area is 144 Å². The van der Waals surface area contributed by atoms with Gasteiger partial charge in [-0.25, -0.2) is 4.79 Å². The Hall–Kier alpha value is -3.55. The number of imide groups is 2. The highest BCUT2D eigenvalue weighted by molar-refractivity contribution is 6.33. The third-order valence-electron chi connectivity index (χ3n) is 3.33. The minimum Gasteiger partial charge on any atom is -0.321 e. The number of nitrogens with zero attached hydrogens (tertiary/aromatic N) is 1. The van der Waals surface area contributed by atoms with Crippen LogP contribution in [0.25, 0.3) is 0 Å². The second-order valence-electron chi connectivity index (χ2n) is 4.91. The summed E-state index contributed by atoms with van der Waals surface area (Å²) in [5.74, 6) is -2.08. The standard InChI is InChI=1S/C10H7NO2.C6H6N2O3.CH4/c1-6-9(12)7-4-2-3-5-8(7)11-10(6)13;1-3-4(9)7-6(11)8(2)5(3)10;/h2-5H,1H2,(H,11,13);1H2,2H3,(H,7,9,11);1H4. The van der Waals surface area contributed by atoms with Gasteiger partial charge in [-0.05, 0) is 12.1 Å². The first kappa shape index (κ1) is 19.5. The Morgan fingerprint density at radius 1 is 0.880 bits per heavy atom. The number of rotatable bonds is 0. The normalized spacial score (nSPS) is 16.2. The molecular formula is C17H17N3O5. The molecule has 0 bridgehead atoms.